The minimum atomic E-state index is 0.478. The molecule has 1 aromatic rings. The molecular formula is C18H29N. The summed E-state index contributed by atoms with van der Waals surface area (Å²) in [4.78, 5) is 0. The Balaban J connectivity index is 1.90. The number of aryl methyl sites for hydroxylation is 2. The minimum Gasteiger partial charge on any atom is -0.382 e. The van der Waals surface area contributed by atoms with Gasteiger partial charge in [-0.3, -0.25) is 0 Å². The third-order valence-corrected chi connectivity index (χ3v) is 4.83. The molecule has 0 bridgehead atoms. The van der Waals surface area contributed by atoms with E-state index in [4.69, 9.17) is 0 Å². The lowest BCUT2D eigenvalue weighted by atomic mass is 9.71. The third kappa shape index (κ3) is 3.75. The van der Waals surface area contributed by atoms with Crippen LogP contribution < -0.4 is 5.32 Å². The zero-order valence-electron chi connectivity index (χ0n) is 13.2. The lowest BCUT2D eigenvalue weighted by Gasteiger charge is -2.37. The second kappa shape index (κ2) is 5.56. The molecule has 0 unspecified atom stereocenters. The number of nitrogens with one attached hydrogen (secondary N) is 1. The summed E-state index contributed by atoms with van der Waals surface area (Å²) in [5.41, 5.74) is 4.53. The number of hydrogen-bond acceptors (Lipinski definition) is 1. The maximum absolute atomic E-state index is 3.72. The van der Waals surface area contributed by atoms with Crippen LogP contribution in [0.4, 0.5) is 5.69 Å². The summed E-state index contributed by atoms with van der Waals surface area (Å²) in [7, 11) is 0. The number of benzene rings is 1. The van der Waals surface area contributed by atoms with Crippen molar-refractivity contribution in [1.29, 1.82) is 0 Å². The van der Waals surface area contributed by atoms with Crippen LogP contribution in [0.2, 0.25) is 0 Å². The average Bonchev–Trinajstić information content (AvgIpc) is 2.33. The first-order chi connectivity index (χ1) is 8.86. The van der Waals surface area contributed by atoms with Crippen LogP contribution in [0.5, 0.6) is 0 Å². The van der Waals surface area contributed by atoms with Crippen LogP contribution in [0, 0.1) is 25.2 Å². The SMILES string of the molecule is Cc1ccc(NC2CCC(C(C)(C)C)CC2)cc1C. The molecule has 1 aliphatic carbocycles. The summed E-state index contributed by atoms with van der Waals surface area (Å²) < 4.78 is 0. The molecule has 1 fully saturated rings. The van der Waals surface area contributed by atoms with Gasteiger partial charge in [0, 0.05) is 11.7 Å². The molecule has 1 saturated carbocycles. The molecule has 1 nitrogen and oxygen atoms in total. The number of anilines is 1. The summed E-state index contributed by atoms with van der Waals surface area (Å²) >= 11 is 0. The molecule has 1 aliphatic rings. The van der Waals surface area contributed by atoms with Crippen molar-refractivity contribution < 1.29 is 0 Å². The smallest absolute Gasteiger partial charge is 0.0345 e. The highest BCUT2D eigenvalue weighted by Gasteiger charge is 2.29. The standard InChI is InChI=1S/C18H29N/c1-13-6-9-17(12-14(13)2)19-16-10-7-15(8-11-16)18(3,4)5/h6,9,12,15-16,19H,7-8,10-11H2,1-5H3. The Labute approximate surface area is 118 Å². The Morgan fingerprint density at radius 3 is 2.11 bits per heavy atom. The number of rotatable bonds is 2. The van der Waals surface area contributed by atoms with Crippen molar-refractivity contribution in [3.8, 4) is 0 Å². The van der Waals surface area contributed by atoms with Crippen LogP contribution in [0.25, 0.3) is 0 Å². The first kappa shape index (κ1) is 14.4. The molecule has 0 atom stereocenters. The van der Waals surface area contributed by atoms with Gasteiger partial charge < -0.3 is 5.32 Å². The first-order valence-corrected chi connectivity index (χ1v) is 7.70. The van der Waals surface area contributed by atoms with Crippen molar-refractivity contribution >= 4 is 5.69 Å². The zero-order chi connectivity index (χ0) is 14.0. The summed E-state index contributed by atoms with van der Waals surface area (Å²) in [6, 6.07) is 7.39. The zero-order valence-corrected chi connectivity index (χ0v) is 13.2. The molecule has 1 aromatic carbocycles. The van der Waals surface area contributed by atoms with Gasteiger partial charge in [-0.1, -0.05) is 26.8 Å². The molecule has 1 N–H and O–H groups in total. The fraction of sp³-hybridized carbons (Fsp3) is 0.667. The molecule has 106 valence electrons. The topological polar surface area (TPSA) is 12.0 Å². The highest BCUT2D eigenvalue weighted by atomic mass is 14.9. The maximum atomic E-state index is 3.72. The van der Waals surface area contributed by atoms with Crippen LogP contribution in [0.3, 0.4) is 0 Å². The van der Waals surface area contributed by atoms with Gasteiger partial charge in [-0.05, 0) is 74.1 Å². The van der Waals surface area contributed by atoms with Crippen LogP contribution in [0.1, 0.15) is 57.6 Å². The molecule has 0 aromatic heterocycles. The highest BCUT2D eigenvalue weighted by molar-refractivity contribution is 5.48. The molecule has 0 aliphatic heterocycles. The van der Waals surface area contributed by atoms with Crippen molar-refractivity contribution in [1.82, 2.24) is 0 Å². The summed E-state index contributed by atoms with van der Waals surface area (Å²) in [5.74, 6) is 0.894. The van der Waals surface area contributed by atoms with Crippen molar-refractivity contribution in [3.63, 3.8) is 0 Å². The van der Waals surface area contributed by atoms with Crippen LogP contribution in [-0.4, -0.2) is 6.04 Å². The normalized spacial score (nSPS) is 24.3. The monoisotopic (exact) mass is 259 g/mol. The van der Waals surface area contributed by atoms with E-state index in [1.165, 1.54) is 42.5 Å². The van der Waals surface area contributed by atoms with E-state index in [0.717, 1.165) is 5.92 Å². The van der Waals surface area contributed by atoms with E-state index < -0.39 is 0 Å². The van der Waals surface area contributed by atoms with Crippen LogP contribution in [-0.2, 0) is 0 Å². The number of hydrogen-bond donors (Lipinski definition) is 1. The van der Waals surface area contributed by atoms with E-state index >= 15 is 0 Å². The molecule has 0 radical (unpaired) electrons. The fourth-order valence-corrected chi connectivity index (χ4v) is 3.17. The van der Waals surface area contributed by atoms with Crippen LogP contribution in [0.15, 0.2) is 18.2 Å². The Morgan fingerprint density at radius 2 is 1.58 bits per heavy atom. The fourth-order valence-electron chi connectivity index (χ4n) is 3.17. The summed E-state index contributed by atoms with van der Waals surface area (Å²) in [6.45, 7) is 11.5. The quantitative estimate of drug-likeness (QED) is 0.758. The molecule has 0 amide bonds. The van der Waals surface area contributed by atoms with Gasteiger partial charge >= 0.3 is 0 Å². The Bertz CT molecular complexity index is 420. The highest BCUT2D eigenvalue weighted by Crippen LogP contribution is 2.38. The maximum Gasteiger partial charge on any atom is 0.0345 e. The second-order valence-corrected chi connectivity index (χ2v) is 7.36. The summed E-state index contributed by atoms with van der Waals surface area (Å²) in [6.07, 6.45) is 5.36. The summed E-state index contributed by atoms with van der Waals surface area (Å²) in [5, 5.41) is 3.72. The van der Waals surface area contributed by atoms with E-state index in [9.17, 15) is 0 Å². The van der Waals surface area contributed by atoms with E-state index in [1.54, 1.807) is 0 Å². The molecule has 1 heteroatoms. The Morgan fingerprint density at radius 1 is 0.947 bits per heavy atom. The van der Waals surface area contributed by atoms with Gasteiger partial charge in [0.2, 0.25) is 0 Å². The molecule has 0 spiro atoms. The molecule has 19 heavy (non-hydrogen) atoms. The third-order valence-electron chi connectivity index (χ3n) is 4.83. The molecule has 2 rings (SSSR count). The van der Waals surface area contributed by atoms with Crippen molar-refractivity contribution in [2.75, 3.05) is 5.32 Å². The van der Waals surface area contributed by atoms with E-state index in [1.807, 2.05) is 0 Å². The van der Waals surface area contributed by atoms with Gasteiger partial charge in [-0.25, -0.2) is 0 Å². The average molecular weight is 259 g/mol. The van der Waals surface area contributed by atoms with Gasteiger partial charge in [0.15, 0.2) is 0 Å². The van der Waals surface area contributed by atoms with Gasteiger partial charge in [0.1, 0.15) is 0 Å². The molecular weight excluding hydrogens is 230 g/mol. The predicted octanol–water partition coefficient (Wildman–Crippen LogP) is 5.32. The minimum absolute atomic E-state index is 0.478. The molecule has 0 heterocycles. The second-order valence-electron chi connectivity index (χ2n) is 7.36. The largest absolute Gasteiger partial charge is 0.382 e. The van der Waals surface area contributed by atoms with E-state index in [-0.39, 0.29) is 0 Å². The van der Waals surface area contributed by atoms with Crippen molar-refractivity contribution in [3.05, 3.63) is 29.3 Å². The van der Waals surface area contributed by atoms with Crippen molar-refractivity contribution in [2.24, 2.45) is 11.3 Å². The van der Waals surface area contributed by atoms with Gasteiger partial charge in [0.05, 0.1) is 0 Å². The molecule has 0 saturated heterocycles. The van der Waals surface area contributed by atoms with E-state index in [0.29, 0.717) is 11.5 Å². The Hall–Kier alpha value is -0.980. The van der Waals surface area contributed by atoms with Gasteiger partial charge in [-0.2, -0.15) is 0 Å². The lowest BCUT2D eigenvalue weighted by molar-refractivity contribution is 0.173. The van der Waals surface area contributed by atoms with Crippen molar-refractivity contribution in [2.45, 2.75) is 66.3 Å². The predicted molar refractivity (Wildman–Crippen MR) is 84.7 cm³/mol. The first-order valence-electron chi connectivity index (χ1n) is 7.70. The lowest BCUT2D eigenvalue weighted by Crippen LogP contribution is -2.31. The van der Waals surface area contributed by atoms with E-state index in [2.05, 4.69) is 58.1 Å². The van der Waals surface area contributed by atoms with Gasteiger partial charge in [0.25, 0.3) is 0 Å². The Kier molecular flexibility index (Phi) is 4.23. The van der Waals surface area contributed by atoms with Crippen LogP contribution >= 0.6 is 0 Å². The van der Waals surface area contributed by atoms with Gasteiger partial charge in [-0.15, -0.1) is 0 Å².